The summed E-state index contributed by atoms with van der Waals surface area (Å²) in [5.74, 6) is 0.325. The molecule has 3 fully saturated rings. The van der Waals surface area contributed by atoms with Gasteiger partial charge in [-0.25, -0.2) is 0 Å². The number of rotatable bonds is 2. The van der Waals surface area contributed by atoms with Gasteiger partial charge in [-0.3, -0.25) is 10.1 Å². The second-order valence-corrected chi connectivity index (χ2v) is 5.83. The molecular formula is C13H22N2O2. The van der Waals surface area contributed by atoms with Crippen LogP contribution in [0, 0.1) is 0 Å². The van der Waals surface area contributed by atoms with Gasteiger partial charge in [0, 0.05) is 6.04 Å². The van der Waals surface area contributed by atoms with Crippen LogP contribution in [0.2, 0.25) is 0 Å². The van der Waals surface area contributed by atoms with Crippen LogP contribution in [-0.2, 0) is 4.79 Å². The summed E-state index contributed by atoms with van der Waals surface area (Å²) >= 11 is 0. The zero-order valence-corrected chi connectivity index (χ0v) is 10.5. The summed E-state index contributed by atoms with van der Waals surface area (Å²) in [6.45, 7) is 2.14. The highest BCUT2D eigenvalue weighted by Crippen LogP contribution is 2.44. The zero-order valence-electron chi connectivity index (χ0n) is 10.5. The number of carbonyl (C=O) groups is 1. The molecule has 2 N–H and O–H groups in total. The predicted molar refractivity (Wildman–Crippen MR) is 64.3 cm³/mol. The molecule has 0 aromatic carbocycles. The minimum atomic E-state index is -0.184. The molecule has 0 bridgehead atoms. The van der Waals surface area contributed by atoms with Gasteiger partial charge in [0.25, 0.3) is 0 Å². The van der Waals surface area contributed by atoms with Gasteiger partial charge >= 0.3 is 0 Å². The Morgan fingerprint density at radius 2 is 2.00 bits per heavy atom. The lowest BCUT2D eigenvalue weighted by atomic mass is 9.91. The van der Waals surface area contributed by atoms with E-state index in [4.69, 9.17) is 0 Å². The number of aliphatic hydroxyl groups excluding tert-OH is 1. The molecule has 2 saturated carbocycles. The van der Waals surface area contributed by atoms with Crippen molar-refractivity contribution in [3.05, 3.63) is 0 Å². The Morgan fingerprint density at radius 1 is 1.35 bits per heavy atom. The van der Waals surface area contributed by atoms with E-state index in [-0.39, 0.29) is 17.8 Å². The van der Waals surface area contributed by atoms with Gasteiger partial charge in [-0.05, 0) is 44.9 Å². The maximum absolute atomic E-state index is 12.4. The third kappa shape index (κ3) is 1.78. The van der Waals surface area contributed by atoms with Gasteiger partial charge in [0.05, 0.1) is 17.8 Å². The highest BCUT2D eigenvalue weighted by atomic mass is 16.3. The fourth-order valence-electron chi connectivity index (χ4n) is 3.38. The fraction of sp³-hybridized carbons (Fsp3) is 0.923. The van der Waals surface area contributed by atoms with Crippen LogP contribution in [0.25, 0.3) is 0 Å². The van der Waals surface area contributed by atoms with Crippen LogP contribution in [-0.4, -0.2) is 39.8 Å². The molecule has 1 unspecified atom stereocenters. The fourth-order valence-corrected chi connectivity index (χ4v) is 3.38. The van der Waals surface area contributed by atoms with Crippen LogP contribution in [0.3, 0.4) is 0 Å². The molecule has 0 radical (unpaired) electrons. The van der Waals surface area contributed by atoms with Crippen molar-refractivity contribution < 1.29 is 9.90 Å². The summed E-state index contributed by atoms with van der Waals surface area (Å²) in [6.07, 6.45) is 6.68. The van der Waals surface area contributed by atoms with E-state index in [1.165, 1.54) is 0 Å². The van der Waals surface area contributed by atoms with Crippen LogP contribution < -0.4 is 5.32 Å². The molecule has 1 heterocycles. The summed E-state index contributed by atoms with van der Waals surface area (Å²) in [6, 6.07) is 0.350. The van der Waals surface area contributed by atoms with Gasteiger partial charge in [0.15, 0.2) is 0 Å². The Morgan fingerprint density at radius 3 is 2.53 bits per heavy atom. The van der Waals surface area contributed by atoms with E-state index in [0.717, 1.165) is 44.9 Å². The van der Waals surface area contributed by atoms with Crippen molar-refractivity contribution in [1.82, 2.24) is 10.2 Å². The van der Waals surface area contributed by atoms with Crippen molar-refractivity contribution in [2.24, 2.45) is 0 Å². The highest BCUT2D eigenvalue weighted by Gasteiger charge is 2.59. The molecular weight excluding hydrogens is 216 g/mol. The molecule has 0 aromatic heterocycles. The largest absolute Gasteiger partial charge is 0.393 e. The number of aliphatic hydroxyl groups is 1. The predicted octanol–water partition coefficient (Wildman–Crippen LogP) is 0.990. The summed E-state index contributed by atoms with van der Waals surface area (Å²) < 4.78 is 0. The van der Waals surface area contributed by atoms with Crippen molar-refractivity contribution >= 4 is 5.91 Å². The Bertz CT molecular complexity index is 319. The molecule has 3 aliphatic rings. The van der Waals surface area contributed by atoms with Crippen LogP contribution in [0.4, 0.5) is 0 Å². The summed E-state index contributed by atoms with van der Waals surface area (Å²) in [7, 11) is 0. The van der Waals surface area contributed by atoms with Gasteiger partial charge in [0.2, 0.25) is 5.91 Å². The number of hydrogen-bond acceptors (Lipinski definition) is 3. The molecule has 2 aliphatic carbocycles. The van der Waals surface area contributed by atoms with Crippen LogP contribution in [0.1, 0.15) is 51.9 Å². The Labute approximate surface area is 102 Å². The lowest BCUT2D eigenvalue weighted by Gasteiger charge is -2.36. The third-order valence-corrected chi connectivity index (χ3v) is 4.62. The lowest BCUT2D eigenvalue weighted by Crippen LogP contribution is -2.46. The minimum Gasteiger partial charge on any atom is -0.393 e. The zero-order chi connectivity index (χ0) is 12.0. The van der Waals surface area contributed by atoms with E-state index in [1.54, 1.807) is 0 Å². The monoisotopic (exact) mass is 238 g/mol. The summed E-state index contributed by atoms with van der Waals surface area (Å²) in [5.41, 5.74) is -0.184. The quantitative estimate of drug-likeness (QED) is 0.754. The van der Waals surface area contributed by atoms with Crippen molar-refractivity contribution in [1.29, 1.82) is 0 Å². The Balaban J connectivity index is 1.74. The number of carbonyl (C=O) groups excluding carboxylic acids is 1. The number of nitrogens with one attached hydrogen (secondary N) is 1. The van der Waals surface area contributed by atoms with Crippen molar-refractivity contribution in [2.75, 3.05) is 0 Å². The Hall–Kier alpha value is -0.610. The molecule has 1 amide bonds. The molecule has 1 aliphatic heterocycles. The van der Waals surface area contributed by atoms with E-state index in [2.05, 4.69) is 17.1 Å². The SMILES string of the molecule is CCC1NC2(CC2)C(=O)N1C1CCC(O)CC1. The normalized spacial score (nSPS) is 40.0. The van der Waals surface area contributed by atoms with Gasteiger partial charge in [-0.2, -0.15) is 0 Å². The molecule has 4 heteroatoms. The second kappa shape index (κ2) is 3.95. The van der Waals surface area contributed by atoms with Crippen molar-refractivity contribution in [3.63, 3.8) is 0 Å². The van der Waals surface area contributed by atoms with E-state index in [9.17, 15) is 9.90 Å². The molecule has 17 heavy (non-hydrogen) atoms. The molecule has 3 rings (SSSR count). The van der Waals surface area contributed by atoms with E-state index in [1.807, 2.05) is 0 Å². The second-order valence-electron chi connectivity index (χ2n) is 5.83. The minimum absolute atomic E-state index is 0.146. The first kappa shape index (κ1) is 11.5. The first-order valence-electron chi connectivity index (χ1n) is 6.95. The first-order chi connectivity index (χ1) is 8.16. The average Bonchev–Trinajstić information content (AvgIpc) is 3.05. The van der Waals surface area contributed by atoms with Crippen LogP contribution in [0.5, 0.6) is 0 Å². The average molecular weight is 238 g/mol. The van der Waals surface area contributed by atoms with Crippen molar-refractivity contribution in [2.45, 2.75) is 75.7 Å². The number of hydrogen-bond donors (Lipinski definition) is 2. The molecule has 4 nitrogen and oxygen atoms in total. The first-order valence-corrected chi connectivity index (χ1v) is 6.95. The third-order valence-electron chi connectivity index (χ3n) is 4.62. The summed E-state index contributed by atoms with van der Waals surface area (Å²) in [4.78, 5) is 14.5. The van der Waals surface area contributed by atoms with E-state index < -0.39 is 0 Å². The van der Waals surface area contributed by atoms with Crippen LogP contribution >= 0.6 is 0 Å². The van der Waals surface area contributed by atoms with Crippen molar-refractivity contribution in [3.8, 4) is 0 Å². The summed E-state index contributed by atoms with van der Waals surface area (Å²) in [5, 5.41) is 13.1. The van der Waals surface area contributed by atoms with Gasteiger partial charge in [0.1, 0.15) is 0 Å². The topological polar surface area (TPSA) is 52.6 Å². The lowest BCUT2D eigenvalue weighted by molar-refractivity contribution is -0.134. The molecule has 96 valence electrons. The van der Waals surface area contributed by atoms with Gasteiger partial charge in [-0.1, -0.05) is 6.92 Å². The molecule has 1 spiro atoms. The smallest absolute Gasteiger partial charge is 0.244 e. The Kier molecular flexibility index (Phi) is 2.67. The van der Waals surface area contributed by atoms with E-state index in [0.29, 0.717) is 11.9 Å². The maximum Gasteiger partial charge on any atom is 0.244 e. The molecule has 1 saturated heterocycles. The van der Waals surface area contributed by atoms with Crippen LogP contribution in [0.15, 0.2) is 0 Å². The number of amides is 1. The van der Waals surface area contributed by atoms with Gasteiger partial charge in [-0.15, -0.1) is 0 Å². The molecule has 0 aromatic rings. The number of nitrogens with zero attached hydrogens (tertiary/aromatic N) is 1. The maximum atomic E-state index is 12.4. The van der Waals surface area contributed by atoms with Gasteiger partial charge < -0.3 is 10.0 Å². The highest BCUT2D eigenvalue weighted by molar-refractivity contribution is 5.92. The standard InChI is InChI=1S/C13H22N2O2/c1-2-11-14-13(7-8-13)12(17)15(11)9-3-5-10(16)6-4-9/h9-11,14,16H,2-8H2,1H3. The molecule has 1 atom stereocenters. The van der Waals surface area contributed by atoms with E-state index >= 15 is 0 Å².